The maximum Gasteiger partial charge on any atom is 0.225 e. The minimum atomic E-state index is -0.245. The molecule has 0 aliphatic carbocycles. The summed E-state index contributed by atoms with van der Waals surface area (Å²) in [5.41, 5.74) is -0.0613. The van der Waals surface area contributed by atoms with Crippen molar-refractivity contribution in [3.8, 4) is 0 Å². The summed E-state index contributed by atoms with van der Waals surface area (Å²) >= 11 is 0. The van der Waals surface area contributed by atoms with Crippen molar-refractivity contribution in [1.82, 2.24) is 10.2 Å². The molecule has 1 amide bonds. The molecule has 1 atom stereocenters. The first kappa shape index (κ1) is 16.4. The Hall–Kier alpha value is -0.570. The van der Waals surface area contributed by atoms with Crippen molar-refractivity contribution in [3.05, 3.63) is 0 Å². The van der Waals surface area contributed by atoms with Crippen LogP contribution in [0.15, 0.2) is 0 Å². The molecule has 0 aromatic rings. The Balaban J connectivity index is 4.38. The first-order valence-electron chi connectivity index (χ1n) is 6.54. The van der Waals surface area contributed by atoms with Crippen LogP contribution in [0.25, 0.3) is 0 Å². The van der Waals surface area contributed by atoms with Gasteiger partial charge in [-0.3, -0.25) is 4.79 Å². The third-order valence-corrected chi connectivity index (χ3v) is 3.09. The summed E-state index contributed by atoms with van der Waals surface area (Å²) in [6.45, 7) is 12.4. The monoisotopic (exact) mass is 242 g/mol. The van der Waals surface area contributed by atoms with Crippen LogP contribution in [0.2, 0.25) is 0 Å². The average Bonchev–Trinajstić information content (AvgIpc) is 2.14. The van der Waals surface area contributed by atoms with Crippen molar-refractivity contribution < 1.29 is 4.79 Å². The number of carbonyl (C=O) groups is 1. The molecular weight excluding hydrogens is 212 g/mol. The van der Waals surface area contributed by atoms with Gasteiger partial charge in [-0.05, 0) is 32.4 Å². The molecule has 0 radical (unpaired) electrons. The van der Waals surface area contributed by atoms with E-state index in [0.717, 1.165) is 25.9 Å². The molecule has 0 heterocycles. The fourth-order valence-corrected chi connectivity index (χ4v) is 2.14. The van der Waals surface area contributed by atoms with E-state index in [9.17, 15) is 4.79 Å². The molecule has 1 N–H and O–H groups in total. The number of rotatable bonds is 6. The minimum absolute atomic E-state index is 0.184. The topological polar surface area (TPSA) is 32.3 Å². The quantitative estimate of drug-likeness (QED) is 0.776. The minimum Gasteiger partial charge on any atom is -0.354 e. The largest absolute Gasteiger partial charge is 0.354 e. The van der Waals surface area contributed by atoms with Crippen molar-refractivity contribution >= 4 is 5.91 Å². The van der Waals surface area contributed by atoms with Crippen LogP contribution in [-0.4, -0.2) is 38.0 Å². The number of hydrogen-bond donors (Lipinski definition) is 1. The van der Waals surface area contributed by atoms with E-state index in [4.69, 9.17) is 0 Å². The maximum atomic E-state index is 12.2. The number of amides is 1. The first-order valence-corrected chi connectivity index (χ1v) is 6.54. The molecule has 0 spiro atoms. The Kier molecular flexibility index (Phi) is 6.17. The molecule has 17 heavy (non-hydrogen) atoms. The highest BCUT2D eigenvalue weighted by molar-refractivity contribution is 5.82. The van der Waals surface area contributed by atoms with Gasteiger partial charge in [-0.15, -0.1) is 0 Å². The van der Waals surface area contributed by atoms with Gasteiger partial charge in [-0.2, -0.15) is 0 Å². The smallest absolute Gasteiger partial charge is 0.225 e. The van der Waals surface area contributed by atoms with E-state index in [0.29, 0.717) is 0 Å². The number of carbonyl (C=O) groups excluding carboxylic acids is 1. The van der Waals surface area contributed by atoms with E-state index in [1.54, 1.807) is 0 Å². The molecule has 3 nitrogen and oxygen atoms in total. The third-order valence-electron chi connectivity index (χ3n) is 3.09. The Morgan fingerprint density at radius 1 is 1.18 bits per heavy atom. The van der Waals surface area contributed by atoms with Crippen molar-refractivity contribution in [2.45, 2.75) is 47.5 Å². The molecule has 0 aliphatic rings. The van der Waals surface area contributed by atoms with Gasteiger partial charge in [-0.25, -0.2) is 0 Å². The van der Waals surface area contributed by atoms with Crippen molar-refractivity contribution in [2.75, 3.05) is 27.2 Å². The Morgan fingerprint density at radius 3 is 2.06 bits per heavy atom. The van der Waals surface area contributed by atoms with E-state index in [-0.39, 0.29) is 16.7 Å². The average molecular weight is 242 g/mol. The van der Waals surface area contributed by atoms with Gasteiger partial charge in [0.05, 0.1) is 0 Å². The molecule has 102 valence electrons. The van der Waals surface area contributed by atoms with Crippen molar-refractivity contribution in [2.24, 2.45) is 10.8 Å². The van der Waals surface area contributed by atoms with Crippen LogP contribution in [0.3, 0.4) is 0 Å². The van der Waals surface area contributed by atoms with Crippen LogP contribution >= 0.6 is 0 Å². The highest BCUT2D eigenvalue weighted by Gasteiger charge is 2.35. The van der Waals surface area contributed by atoms with Gasteiger partial charge >= 0.3 is 0 Å². The Labute approximate surface area is 107 Å². The number of hydrogen-bond acceptors (Lipinski definition) is 2. The van der Waals surface area contributed by atoms with Crippen LogP contribution < -0.4 is 5.32 Å². The molecule has 0 aromatic heterocycles. The molecular formula is C14H30N2O. The summed E-state index contributed by atoms with van der Waals surface area (Å²) in [7, 11) is 4.03. The predicted molar refractivity (Wildman–Crippen MR) is 74.0 cm³/mol. The van der Waals surface area contributed by atoms with Gasteiger partial charge < -0.3 is 10.2 Å². The summed E-state index contributed by atoms with van der Waals surface area (Å²) in [6, 6.07) is 0. The second kappa shape index (κ2) is 6.39. The normalized spacial score (nSPS) is 15.8. The fourth-order valence-electron chi connectivity index (χ4n) is 2.14. The number of likely N-dealkylation sites (N-methyl/N-ethyl adjacent to an activating group) is 1. The lowest BCUT2D eigenvalue weighted by atomic mass is 9.73. The summed E-state index contributed by atoms with van der Waals surface area (Å²) in [6.07, 6.45) is 1.81. The molecule has 0 aliphatic heterocycles. The van der Waals surface area contributed by atoms with Crippen LogP contribution in [0, 0.1) is 10.8 Å². The van der Waals surface area contributed by atoms with E-state index in [2.05, 4.69) is 44.8 Å². The van der Waals surface area contributed by atoms with Gasteiger partial charge in [0.2, 0.25) is 5.91 Å². The molecule has 3 heteroatoms. The van der Waals surface area contributed by atoms with Gasteiger partial charge in [0.1, 0.15) is 0 Å². The Morgan fingerprint density at radius 2 is 1.71 bits per heavy atom. The molecule has 0 aromatic carbocycles. The standard InChI is InChI=1S/C14H30N2O/c1-8-14(5,11-13(2,3)4)12(17)15-9-10-16(6)7/h8-11H2,1-7H3,(H,15,17). The highest BCUT2D eigenvalue weighted by atomic mass is 16.2. The van der Waals surface area contributed by atoms with E-state index < -0.39 is 0 Å². The second-order valence-corrected chi connectivity index (χ2v) is 6.71. The molecule has 0 saturated heterocycles. The van der Waals surface area contributed by atoms with E-state index in [1.807, 2.05) is 14.1 Å². The fraction of sp³-hybridized carbons (Fsp3) is 0.929. The molecule has 0 bridgehead atoms. The summed E-state index contributed by atoms with van der Waals surface area (Å²) < 4.78 is 0. The molecule has 0 fully saturated rings. The third kappa shape index (κ3) is 6.67. The van der Waals surface area contributed by atoms with E-state index in [1.165, 1.54) is 0 Å². The van der Waals surface area contributed by atoms with Gasteiger partial charge in [0, 0.05) is 18.5 Å². The number of nitrogens with zero attached hydrogens (tertiary/aromatic N) is 1. The molecule has 0 saturated carbocycles. The van der Waals surface area contributed by atoms with Crippen LogP contribution in [0.4, 0.5) is 0 Å². The lowest BCUT2D eigenvalue weighted by Gasteiger charge is -2.33. The zero-order valence-corrected chi connectivity index (χ0v) is 12.7. The predicted octanol–water partition coefficient (Wildman–Crippen LogP) is 2.52. The molecule has 1 unspecified atom stereocenters. The van der Waals surface area contributed by atoms with Gasteiger partial charge in [0.15, 0.2) is 0 Å². The number of nitrogens with one attached hydrogen (secondary N) is 1. The zero-order valence-electron chi connectivity index (χ0n) is 12.7. The Bertz CT molecular complexity index is 243. The summed E-state index contributed by atoms with van der Waals surface area (Å²) in [4.78, 5) is 14.3. The second-order valence-electron chi connectivity index (χ2n) is 6.71. The lowest BCUT2D eigenvalue weighted by Crippen LogP contribution is -2.43. The van der Waals surface area contributed by atoms with Crippen molar-refractivity contribution in [1.29, 1.82) is 0 Å². The summed E-state index contributed by atoms with van der Waals surface area (Å²) in [5.74, 6) is 0.191. The first-order chi connectivity index (χ1) is 7.60. The van der Waals surface area contributed by atoms with Crippen molar-refractivity contribution in [3.63, 3.8) is 0 Å². The highest BCUT2D eigenvalue weighted by Crippen LogP contribution is 2.36. The SMILES string of the molecule is CCC(C)(CC(C)(C)C)C(=O)NCCN(C)C. The van der Waals surface area contributed by atoms with Crippen LogP contribution in [0.1, 0.15) is 47.5 Å². The molecule has 0 rings (SSSR count). The maximum absolute atomic E-state index is 12.2. The van der Waals surface area contributed by atoms with Gasteiger partial charge in [-0.1, -0.05) is 34.6 Å². The van der Waals surface area contributed by atoms with Gasteiger partial charge in [0.25, 0.3) is 0 Å². The van der Waals surface area contributed by atoms with Crippen LogP contribution in [0.5, 0.6) is 0 Å². The summed E-state index contributed by atoms with van der Waals surface area (Å²) in [5, 5.41) is 3.05. The van der Waals surface area contributed by atoms with Crippen LogP contribution in [-0.2, 0) is 4.79 Å². The zero-order chi connectivity index (χ0) is 13.7. The lowest BCUT2D eigenvalue weighted by molar-refractivity contribution is -0.132. The van der Waals surface area contributed by atoms with E-state index >= 15 is 0 Å².